The first kappa shape index (κ1) is 13.4. The molecule has 0 unspecified atom stereocenters. The smallest absolute Gasteiger partial charge is 0.409 e. The highest BCUT2D eigenvalue weighted by molar-refractivity contribution is 5.91. The monoisotopic (exact) mass is 267 g/mol. The second kappa shape index (κ2) is 6.21. The van der Waals surface area contributed by atoms with Crippen molar-refractivity contribution < 1.29 is 18.8 Å². The Bertz CT molecular complexity index is 424. The number of carbonyl (C=O) groups excluding carboxylic acids is 2. The number of hydrogen-bond acceptors (Lipinski definition) is 5. The first-order valence-electron chi connectivity index (χ1n) is 6.34. The molecular formula is C12H17N3O4. The third kappa shape index (κ3) is 3.46. The molecule has 1 saturated heterocycles. The molecule has 1 aliphatic heterocycles. The number of nitrogens with one attached hydrogen (secondary N) is 1. The van der Waals surface area contributed by atoms with E-state index in [9.17, 15) is 9.59 Å². The van der Waals surface area contributed by atoms with E-state index >= 15 is 0 Å². The fourth-order valence-electron chi connectivity index (χ4n) is 2.01. The first-order chi connectivity index (χ1) is 9.20. The third-order valence-electron chi connectivity index (χ3n) is 3.02. The molecule has 1 aliphatic rings. The van der Waals surface area contributed by atoms with Crippen molar-refractivity contribution in [2.24, 2.45) is 0 Å². The maximum atomic E-state index is 11.7. The Morgan fingerprint density at radius 1 is 1.53 bits per heavy atom. The standard InChI is InChI=1S/C12H17N3O4/c1-2-18-12(17)15-7-4-9(5-8-15)14-11(16)10-3-6-13-19-10/h3,6,9H,2,4-5,7-8H2,1H3,(H,14,16). The zero-order valence-electron chi connectivity index (χ0n) is 10.8. The van der Waals surface area contributed by atoms with E-state index in [4.69, 9.17) is 9.26 Å². The van der Waals surface area contributed by atoms with Gasteiger partial charge in [0.15, 0.2) is 0 Å². The Hall–Kier alpha value is -2.05. The van der Waals surface area contributed by atoms with Crippen molar-refractivity contribution in [3.8, 4) is 0 Å². The summed E-state index contributed by atoms with van der Waals surface area (Å²) in [6, 6.07) is 1.56. The van der Waals surface area contributed by atoms with Gasteiger partial charge in [-0.3, -0.25) is 4.79 Å². The maximum absolute atomic E-state index is 11.7. The van der Waals surface area contributed by atoms with Crippen LogP contribution in [0.5, 0.6) is 0 Å². The van der Waals surface area contributed by atoms with E-state index < -0.39 is 0 Å². The SMILES string of the molecule is CCOC(=O)N1CCC(NC(=O)c2ccno2)CC1. The quantitative estimate of drug-likeness (QED) is 0.884. The molecule has 7 nitrogen and oxygen atoms in total. The number of nitrogens with zero attached hydrogens (tertiary/aromatic N) is 2. The molecule has 0 aliphatic carbocycles. The highest BCUT2D eigenvalue weighted by Crippen LogP contribution is 2.12. The van der Waals surface area contributed by atoms with Crippen molar-refractivity contribution in [2.75, 3.05) is 19.7 Å². The topological polar surface area (TPSA) is 84.7 Å². The van der Waals surface area contributed by atoms with Crippen LogP contribution in [-0.2, 0) is 4.74 Å². The molecule has 0 aromatic carbocycles. The molecule has 104 valence electrons. The number of amides is 2. The Morgan fingerprint density at radius 3 is 2.84 bits per heavy atom. The average Bonchev–Trinajstić information content (AvgIpc) is 2.94. The number of ether oxygens (including phenoxy) is 1. The van der Waals surface area contributed by atoms with Crippen LogP contribution in [0.2, 0.25) is 0 Å². The average molecular weight is 267 g/mol. The fraction of sp³-hybridized carbons (Fsp3) is 0.583. The van der Waals surface area contributed by atoms with Gasteiger partial charge in [-0.2, -0.15) is 0 Å². The van der Waals surface area contributed by atoms with Crippen molar-refractivity contribution in [3.63, 3.8) is 0 Å². The summed E-state index contributed by atoms with van der Waals surface area (Å²) >= 11 is 0. The van der Waals surface area contributed by atoms with Crippen LogP contribution in [0.3, 0.4) is 0 Å². The zero-order chi connectivity index (χ0) is 13.7. The van der Waals surface area contributed by atoms with Crippen LogP contribution < -0.4 is 5.32 Å². The van der Waals surface area contributed by atoms with Crippen LogP contribution in [0.15, 0.2) is 16.8 Å². The van der Waals surface area contributed by atoms with Crippen molar-refractivity contribution in [1.29, 1.82) is 0 Å². The molecule has 19 heavy (non-hydrogen) atoms. The van der Waals surface area contributed by atoms with Crippen LogP contribution in [0.1, 0.15) is 30.3 Å². The molecule has 1 fully saturated rings. The molecule has 0 saturated carbocycles. The van der Waals surface area contributed by atoms with Gasteiger partial charge < -0.3 is 19.5 Å². The lowest BCUT2D eigenvalue weighted by molar-refractivity contribution is 0.0834. The normalized spacial score (nSPS) is 16.2. The van der Waals surface area contributed by atoms with Crippen LogP contribution in [-0.4, -0.2) is 47.8 Å². The second-order valence-corrected chi connectivity index (χ2v) is 4.31. The van der Waals surface area contributed by atoms with Gasteiger partial charge in [0.25, 0.3) is 5.91 Å². The number of aromatic nitrogens is 1. The van der Waals surface area contributed by atoms with E-state index in [0.717, 1.165) is 0 Å². The van der Waals surface area contributed by atoms with Gasteiger partial charge in [-0.25, -0.2) is 4.79 Å². The molecule has 2 amide bonds. The second-order valence-electron chi connectivity index (χ2n) is 4.31. The first-order valence-corrected chi connectivity index (χ1v) is 6.34. The van der Waals surface area contributed by atoms with Crippen LogP contribution in [0, 0.1) is 0 Å². The summed E-state index contributed by atoms with van der Waals surface area (Å²) in [5.41, 5.74) is 0. The van der Waals surface area contributed by atoms with E-state index in [1.165, 1.54) is 12.3 Å². The van der Waals surface area contributed by atoms with Gasteiger partial charge >= 0.3 is 6.09 Å². The summed E-state index contributed by atoms with van der Waals surface area (Å²) < 4.78 is 9.71. The Kier molecular flexibility index (Phi) is 4.38. The Balaban J connectivity index is 1.77. The van der Waals surface area contributed by atoms with Gasteiger partial charge in [-0.15, -0.1) is 0 Å². The van der Waals surface area contributed by atoms with Crippen LogP contribution >= 0.6 is 0 Å². The number of piperidine rings is 1. The van der Waals surface area contributed by atoms with Crippen LogP contribution in [0.25, 0.3) is 0 Å². The largest absolute Gasteiger partial charge is 0.450 e. The van der Waals surface area contributed by atoms with Crippen molar-refractivity contribution in [3.05, 3.63) is 18.0 Å². The highest BCUT2D eigenvalue weighted by Gasteiger charge is 2.25. The van der Waals surface area contributed by atoms with Gasteiger partial charge in [0.2, 0.25) is 5.76 Å². The van der Waals surface area contributed by atoms with E-state index in [1.54, 1.807) is 11.8 Å². The van der Waals surface area contributed by atoms with Gasteiger partial charge in [0, 0.05) is 25.2 Å². The lowest BCUT2D eigenvalue weighted by Gasteiger charge is -2.31. The highest BCUT2D eigenvalue weighted by atomic mass is 16.6. The molecular weight excluding hydrogens is 250 g/mol. The van der Waals surface area contributed by atoms with E-state index in [2.05, 4.69) is 10.5 Å². The fourth-order valence-corrected chi connectivity index (χ4v) is 2.01. The van der Waals surface area contributed by atoms with E-state index in [0.29, 0.717) is 32.5 Å². The molecule has 0 bridgehead atoms. The minimum absolute atomic E-state index is 0.0447. The zero-order valence-corrected chi connectivity index (χ0v) is 10.8. The van der Waals surface area contributed by atoms with Crippen molar-refractivity contribution in [1.82, 2.24) is 15.4 Å². The third-order valence-corrected chi connectivity index (χ3v) is 3.02. The summed E-state index contributed by atoms with van der Waals surface area (Å²) in [5.74, 6) is -0.0695. The summed E-state index contributed by atoms with van der Waals surface area (Å²) in [5, 5.41) is 6.35. The van der Waals surface area contributed by atoms with E-state index in [-0.39, 0.29) is 23.8 Å². The van der Waals surface area contributed by atoms with Gasteiger partial charge in [-0.1, -0.05) is 5.16 Å². The maximum Gasteiger partial charge on any atom is 0.409 e. The molecule has 7 heteroatoms. The molecule has 1 aromatic rings. The minimum Gasteiger partial charge on any atom is -0.450 e. The molecule has 2 rings (SSSR count). The molecule has 1 N–H and O–H groups in total. The lowest BCUT2D eigenvalue weighted by Crippen LogP contribution is -2.46. The summed E-state index contributed by atoms with van der Waals surface area (Å²) in [7, 11) is 0. The molecule has 2 heterocycles. The number of carbonyl (C=O) groups is 2. The van der Waals surface area contributed by atoms with E-state index in [1.807, 2.05) is 0 Å². The molecule has 0 spiro atoms. The lowest BCUT2D eigenvalue weighted by atomic mass is 10.1. The molecule has 1 aromatic heterocycles. The Labute approximate surface area is 110 Å². The van der Waals surface area contributed by atoms with Gasteiger partial charge in [-0.05, 0) is 19.8 Å². The number of hydrogen-bond donors (Lipinski definition) is 1. The number of rotatable bonds is 3. The summed E-state index contributed by atoms with van der Waals surface area (Å²) in [6.07, 6.45) is 2.55. The number of likely N-dealkylation sites (tertiary alicyclic amines) is 1. The summed E-state index contributed by atoms with van der Waals surface area (Å²) in [6.45, 7) is 3.32. The van der Waals surface area contributed by atoms with Crippen LogP contribution in [0.4, 0.5) is 4.79 Å². The predicted octanol–water partition coefficient (Wildman–Crippen LogP) is 1.03. The van der Waals surface area contributed by atoms with Crippen molar-refractivity contribution >= 4 is 12.0 Å². The Morgan fingerprint density at radius 2 is 2.26 bits per heavy atom. The summed E-state index contributed by atoms with van der Waals surface area (Å²) in [4.78, 5) is 24.9. The molecule has 0 radical (unpaired) electrons. The van der Waals surface area contributed by atoms with Crippen molar-refractivity contribution in [2.45, 2.75) is 25.8 Å². The van der Waals surface area contributed by atoms with Gasteiger partial charge in [0.1, 0.15) is 0 Å². The van der Waals surface area contributed by atoms with Gasteiger partial charge in [0.05, 0.1) is 12.8 Å². The molecule has 0 atom stereocenters. The minimum atomic E-state index is -0.289. The predicted molar refractivity (Wildman–Crippen MR) is 65.6 cm³/mol.